The third-order valence-corrected chi connectivity index (χ3v) is 1.92. The molecule has 0 aromatic rings. The van der Waals surface area contributed by atoms with Gasteiger partial charge in [-0.15, -0.1) is 0 Å². The molecular weight excluding hydrogens is 168 g/mol. The molecule has 0 aromatic heterocycles. The van der Waals surface area contributed by atoms with Crippen LogP contribution in [-0.2, 0) is 14.3 Å². The summed E-state index contributed by atoms with van der Waals surface area (Å²) in [7, 11) is 1.38. The molecule has 1 unspecified atom stereocenters. The molecule has 13 heavy (non-hydrogen) atoms. The summed E-state index contributed by atoms with van der Waals surface area (Å²) in [6.07, 6.45) is 4.90. The van der Waals surface area contributed by atoms with Gasteiger partial charge in [0.15, 0.2) is 0 Å². The van der Waals surface area contributed by atoms with Gasteiger partial charge in [0.2, 0.25) is 0 Å². The Bertz CT molecular complexity index is 122. The molecular formula is C10H20O3. The second-order valence-electron chi connectivity index (χ2n) is 3.11. The van der Waals surface area contributed by atoms with Crippen molar-refractivity contribution < 1.29 is 14.3 Å². The molecule has 1 aliphatic heterocycles. The number of esters is 1. The van der Waals surface area contributed by atoms with Gasteiger partial charge in [-0.05, 0) is 26.2 Å². The van der Waals surface area contributed by atoms with Crippen molar-refractivity contribution in [1.29, 1.82) is 0 Å². The number of ether oxygens (including phenoxy) is 2. The van der Waals surface area contributed by atoms with E-state index in [1.54, 1.807) is 6.92 Å². The Labute approximate surface area is 80.4 Å². The van der Waals surface area contributed by atoms with Crippen molar-refractivity contribution in [2.75, 3.05) is 13.7 Å². The SMILES string of the molecule is CC1CCCCO1.CCC(=O)OC. The van der Waals surface area contributed by atoms with Gasteiger partial charge in [-0.25, -0.2) is 0 Å². The van der Waals surface area contributed by atoms with E-state index in [4.69, 9.17) is 4.74 Å². The maximum atomic E-state index is 9.96. The Balaban J connectivity index is 0.000000226. The number of hydrogen-bond donors (Lipinski definition) is 0. The van der Waals surface area contributed by atoms with E-state index in [1.165, 1.54) is 26.4 Å². The highest BCUT2D eigenvalue weighted by Crippen LogP contribution is 2.10. The normalized spacial score (nSPS) is 21.3. The molecule has 0 bridgehead atoms. The summed E-state index contributed by atoms with van der Waals surface area (Å²) in [6, 6.07) is 0. The molecule has 0 aliphatic carbocycles. The third kappa shape index (κ3) is 7.78. The molecule has 0 N–H and O–H groups in total. The van der Waals surface area contributed by atoms with Crippen molar-refractivity contribution in [3.05, 3.63) is 0 Å². The van der Waals surface area contributed by atoms with Crippen LogP contribution in [0.4, 0.5) is 0 Å². The van der Waals surface area contributed by atoms with E-state index in [-0.39, 0.29) is 5.97 Å². The van der Waals surface area contributed by atoms with E-state index >= 15 is 0 Å². The zero-order valence-electron chi connectivity index (χ0n) is 8.84. The summed E-state index contributed by atoms with van der Waals surface area (Å²) in [6.45, 7) is 4.88. The van der Waals surface area contributed by atoms with Crippen LogP contribution in [0.15, 0.2) is 0 Å². The van der Waals surface area contributed by atoms with Gasteiger partial charge in [0, 0.05) is 13.0 Å². The van der Waals surface area contributed by atoms with Crippen molar-refractivity contribution in [2.45, 2.75) is 45.6 Å². The van der Waals surface area contributed by atoms with Gasteiger partial charge in [0.1, 0.15) is 0 Å². The minimum Gasteiger partial charge on any atom is -0.469 e. The first kappa shape index (κ1) is 12.4. The zero-order chi connectivity index (χ0) is 10.1. The maximum absolute atomic E-state index is 9.96. The lowest BCUT2D eigenvalue weighted by Gasteiger charge is -2.17. The molecule has 1 atom stereocenters. The lowest BCUT2D eigenvalue weighted by molar-refractivity contribution is -0.140. The standard InChI is InChI=1S/C6H12O.C4H8O2/c1-6-4-2-3-5-7-6;1-3-4(5)6-2/h6H,2-5H2,1H3;3H2,1-2H3. The highest BCUT2D eigenvalue weighted by atomic mass is 16.5. The first-order chi connectivity index (χ1) is 6.20. The lowest BCUT2D eigenvalue weighted by atomic mass is 10.1. The summed E-state index contributed by atoms with van der Waals surface area (Å²) in [5.41, 5.74) is 0. The van der Waals surface area contributed by atoms with Crippen LogP contribution in [-0.4, -0.2) is 25.8 Å². The first-order valence-corrected chi connectivity index (χ1v) is 4.89. The van der Waals surface area contributed by atoms with E-state index in [0.29, 0.717) is 12.5 Å². The second-order valence-corrected chi connectivity index (χ2v) is 3.11. The Morgan fingerprint density at radius 3 is 2.38 bits per heavy atom. The van der Waals surface area contributed by atoms with E-state index in [2.05, 4.69) is 11.7 Å². The fourth-order valence-electron chi connectivity index (χ4n) is 1.05. The van der Waals surface area contributed by atoms with Crippen LogP contribution in [0.3, 0.4) is 0 Å². The van der Waals surface area contributed by atoms with Crippen LogP contribution in [0.1, 0.15) is 39.5 Å². The van der Waals surface area contributed by atoms with Crippen molar-refractivity contribution in [2.24, 2.45) is 0 Å². The Morgan fingerprint density at radius 1 is 1.54 bits per heavy atom. The third-order valence-electron chi connectivity index (χ3n) is 1.92. The van der Waals surface area contributed by atoms with Crippen molar-refractivity contribution in [1.82, 2.24) is 0 Å². The number of rotatable bonds is 1. The molecule has 0 radical (unpaired) electrons. The number of hydrogen-bond acceptors (Lipinski definition) is 3. The minimum atomic E-state index is -0.157. The highest BCUT2D eigenvalue weighted by molar-refractivity contribution is 5.68. The molecule has 0 aromatic carbocycles. The quantitative estimate of drug-likeness (QED) is 0.591. The predicted octanol–water partition coefficient (Wildman–Crippen LogP) is 2.14. The largest absolute Gasteiger partial charge is 0.469 e. The summed E-state index contributed by atoms with van der Waals surface area (Å²) >= 11 is 0. The van der Waals surface area contributed by atoms with E-state index < -0.39 is 0 Å². The first-order valence-electron chi connectivity index (χ1n) is 4.89. The van der Waals surface area contributed by atoms with Crippen molar-refractivity contribution in [3.8, 4) is 0 Å². The van der Waals surface area contributed by atoms with Crippen LogP contribution < -0.4 is 0 Å². The topological polar surface area (TPSA) is 35.5 Å². The summed E-state index contributed by atoms with van der Waals surface area (Å²) in [5, 5.41) is 0. The average Bonchev–Trinajstić information content (AvgIpc) is 2.19. The van der Waals surface area contributed by atoms with Crippen LogP contribution in [0.2, 0.25) is 0 Å². The van der Waals surface area contributed by atoms with E-state index in [9.17, 15) is 4.79 Å². The number of carbonyl (C=O) groups is 1. The smallest absolute Gasteiger partial charge is 0.305 e. The molecule has 3 heteroatoms. The van der Waals surface area contributed by atoms with Gasteiger partial charge in [0.25, 0.3) is 0 Å². The van der Waals surface area contributed by atoms with Gasteiger partial charge in [-0.3, -0.25) is 4.79 Å². The molecule has 0 amide bonds. The average molecular weight is 188 g/mol. The molecule has 78 valence electrons. The minimum absolute atomic E-state index is 0.157. The van der Waals surface area contributed by atoms with Crippen LogP contribution in [0.5, 0.6) is 0 Å². The Kier molecular flexibility index (Phi) is 7.69. The molecule has 1 heterocycles. The Hall–Kier alpha value is -0.570. The molecule has 1 aliphatic rings. The van der Waals surface area contributed by atoms with Gasteiger partial charge in [0.05, 0.1) is 13.2 Å². The molecule has 1 saturated heterocycles. The van der Waals surface area contributed by atoms with Crippen molar-refractivity contribution >= 4 is 5.97 Å². The van der Waals surface area contributed by atoms with E-state index in [1.807, 2.05) is 0 Å². The van der Waals surface area contributed by atoms with Gasteiger partial charge in [-0.2, -0.15) is 0 Å². The predicted molar refractivity (Wildman–Crippen MR) is 51.6 cm³/mol. The summed E-state index contributed by atoms with van der Waals surface area (Å²) < 4.78 is 9.54. The van der Waals surface area contributed by atoms with Crippen LogP contribution >= 0.6 is 0 Å². The Morgan fingerprint density at radius 2 is 2.23 bits per heavy atom. The molecule has 0 saturated carbocycles. The van der Waals surface area contributed by atoms with E-state index in [0.717, 1.165) is 6.61 Å². The monoisotopic (exact) mass is 188 g/mol. The number of methoxy groups -OCH3 is 1. The second kappa shape index (κ2) is 8.05. The molecule has 1 fully saturated rings. The fraction of sp³-hybridized carbons (Fsp3) is 0.900. The van der Waals surface area contributed by atoms with Gasteiger partial charge >= 0.3 is 5.97 Å². The fourth-order valence-corrected chi connectivity index (χ4v) is 1.05. The summed E-state index contributed by atoms with van der Waals surface area (Å²) in [5.74, 6) is -0.157. The number of carbonyl (C=O) groups excluding carboxylic acids is 1. The van der Waals surface area contributed by atoms with Crippen molar-refractivity contribution in [3.63, 3.8) is 0 Å². The zero-order valence-corrected chi connectivity index (χ0v) is 8.84. The molecule has 0 spiro atoms. The maximum Gasteiger partial charge on any atom is 0.305 e. The molecule has 1 rings (SSSR count). The van der Waals surface area contributed by atoms with Gasteiger partial charge < -0.3 is 9.47 Å². The summed E-state index contributed by atoms with van der Waals surface area (Å²) in [4.78, 5) is 9.96. The highest BCUT2D eigenvalue weighted by Gasteiger charge is 2.05. The van der Waals surface area contributed by atoms with Crippen LogP contribution in [0.25, 0.3) is 0 Å². The molecule has 3 nitrogen and oxygen atoms in total. The lowest BCUT2D eigenvalue weighted by Crippen LogP contribution is -2.14. The van der Waals surface area contributed by atoms with Crippen LogP contribution in [0, 0.1) is 0 Å². The van der Waals surface area contributed by atoms with Gasteiger partial charge in [-0.1, -0.05) is 6.92 Å².